The molecule has 0 unspecified atom stereocenters. The smallest absolute Gasteiger partial charge is 0.322 e. The third-order valence-corrected chi connectivity index (χ3v) is 3.03. The summed E-state index contributed by atoms with van der Waals surface area (Å²) in [5.41, 5.74) is 0. The highest BCUT2D eigenvalue weighted by Gasteiger charge is 2.06. The minimum Gasteiger partial charge on any atom is -0.467 e. The zero-order valence-electron chi connectivity index (χ0n) is 10.6. The van der Waals surface area contributed by atoms with Crippen LogP contribution in [0.1, 0.15) is 6.42 Å². The van der Waals surface area contributed by atoms with Gasteiger partial charge in [-0.3, -0.25) is 0 Å². The zero-order chi connectivity index (χ0) is 13.6. The van der Waals surface area contributed by atoms with Crippen LogP contribution in [0.15, 0.2) is 0 Å². The highest BCUT2D eigenvalue weighted by atomic mass is 32.2. The maximum atomic E-state index is 10.9. The van der Waals surface area contributed by atoms with Crippen LogP contribution in [0.3, 0.4) is 0 Å². The van der Waals surface area contributed by atoms with Crippen molar-refractivity contribution in [1.29, 1.82) is 0 Å². The van der Waals surface area contributed by atoms with E-state index in [9.17, 15) is 8.42 Å². The summed E-state index contributed by atoms with van der Waals surface area (Å²) in [7, 11) is 0.209. The number of nitrogens with one attached hydrogen (secondary N) is 2. The van der Waals surface area contributed by atoms with Crippen LogP contribution in [0, 0.1) is 0 Å². The van der Waals surface area contributed by atoms with Crippen molar-refractivity contribution in [1.82, 2.24) is 15.0 Å². The third-order valence-electron chi connectivity index (χ3n) is 2.00. The van der Waals surface area contributed by atoms with Gasteiger partial charge in [0.15, 0.2) is 0 Å². The van der Waals surface area contributed by atoms with Gasteiger partial charge in [-0.15, -0.1) is 0 Å². The number of nitrogens with zero attached hydrogens (tertiary/aromatic N) is 3. The monoisotopic (exact) mass is 275 g/mol. The Balaban J connectivity index is 2.56. The van der Waals surface area contributed by atoms with Crippen LogP contribution in [0.25, 0.3) is 0 Å². The SMILES string of the molecule is CNc1nc(NCCCS(C)(=O)=O)nc(OC)n1. The van der Waals surface area contributed by atoms with E-state index < -0.39 is 9.84 Å². The van der Waals surface area contributed by atoms with Gasteiger partial charge in [-0.1, -0.05) is 0 Å². The molecule has 1 heterocycles. The molecule has 2 N–H and O–H groups in total. The first-order valence-corrected chi connectivity index (χ1v) is 7.40. The van der Waals surface area contributed by atoms with Crippen molar-refractivity contribution in [3.05, 3.63) is 0 Å². The first-order chi connectivity index (χ1) is 8.44. The Morgan fingerprint density at radius 3 is 2.44 bits per heavy atom. The molecule has 1 aromatic rings. The molecule has 0 spiro atoms. The van der Waals surface area contributed by atoms with E-state index in [-0.39, 0.29) is 11.8 Å². The van der Waals surface area contributed by atoms with Crippen LogP contribution in [0.4, 0.5) is 11.9 Å². The molecule has 1 rings (SSSR count). The molecule has 0 fully saturated rings. The summed E-state index contributed by atoms with van der Waals surface area (Å²) >= 11 is 0. The normalized spacial score (nSPS) is 11.1. The molecule has 0 saturated heterocycles. The predicted molar refractivity (Wildman–Crippen MR) is 68.7 cm³/mol. The van der Waals surface area contributed by atoms with Gasteiger partial charge in [-0.05, 0) is 6.42 Å². The summed E-state index contributed by atoms with van der Waals surface area (Å²) < 4.78 is 26.8. The van der Waals surface area contributed by atoms with Gasteiger partial charge < -0.3 is 15.4 Å². The van der Waals surface area contributed by atoms with E-state index >= 15 is 0 Å². The lowest BCUT2D eigenvalue weighted by Gasteiger charge is -2.07. The van der Waals surface area contributed by atoms with Gasteiger partial charge in [-0.2, -0.15) is 15.0 Å². The molecule has 18 heavy (non-hydrogen) atoms. The summed E-state index contributed by atoms with van der Waals surface area (Å²) in [6.45, 7) is 0.462. The summed E-state index contributed by atoms with van der Waals surface area (Å²) in [6, 6.07) is 0.194. The summed E-state index contributed by atoms with van der Waals surface area (Å²) in [5.74, 6) is 0.855. The van der Waals surface area contributed by atoms with Crippen LogP contribution in [0.5, 0.6) is 6.01 Å². The second-order valence-corrected chi connectivity index (χ2v) is 5.89. The first-order valence-electron chi connectivity index (χ1n) is 5.34. The topological polar surface area (TPSA) is 106 Å². The molecule has 0 aliphatic carbocycles. The van der Waals surface area contributed by atoms with Gasteiger partial charge in [0.2, 0.25) is 11.9 Å². The maximum Gasteiger partial charge on any atom is 0.322 e. The van der Waals surface area contributed by atoms with Crippen molar-refractivity contribution in [2.24, 2.45) is 0 Å². The Hall–Kier alpha value is -1.64. The fourth-order valence-electron chi connectivity index (χ4n) is 1.17. The highest BCUT2D eigenvalue weighted by Crippen LogP contribution is 2.09. The van der Waals surface area contributed by atoms with E-state index in [1.54, 1.807) is 7.05 Å². The van der Waals surface area contributed by atoms with Gasteiger partial charge in [0.05, 0.1) is 12.9 Å². The molecular weight excluding hydrogens is 258 g/mol. The van der Waals surface area contributed by atoms with E-state index in [0.717, 1.165) is 0 Å². The van der Waals surface area contributed by atoms with Crippen molar-refractivity contribution < 1.29 is 13.2 Å². The predicted octanol–water partition coefficient (Wildman–Crippen LogP) is -0.231. The molecule has 102 valence electrons. The standard InChI is InChI=1S/C9H17N5O3S/c1-10-7-12-8(14-9(13-7)17-2)11-5-4-6-18(3,15)16/h4-6H2,1-3H3,(H2,10,11,12,13,14). The van der Waals surface area contributed by atoms with Crippen molar-refractivity contribution in [3.63, 3.8) is 0 Å². The van der Waals surface area contributed by atoms with Crippen LogP contribution >= 0.6 is 0 Å². The molecule has 1 aromatic heterocycles. The van der Waals surface area contributed by atoms with Crippen molar-refractivity contribution in [3.8, 4) is 6.01 Å². The maximum absolute atomic E-state index is 10.9. The molecule has 0 atom stereocenters. The molecule has 0 saturated carbocycles. The number of ether oxygens (including phenoxy) is 1. The van der Waals surface area contributed by atoms with Crippen molar-refractivity contribution >= 4 is 21.7 Å². The molecule has 0 radical (unpaired) electrons. The molecular formula is C9H17N5O3S. The summed E-state index contributed by atoms with van der Waals surface area (Å²) in [4.78, 5) is 12.0. The lowest BCUT2D eigenvalue weighted by Crippen LogP contribution is -2.12. The van der Waals surface area contributed by atoms with E-state index in [2.05, 4.69) is 25.6 Å². The zero-order valence-corrected chi connectivity index (χ0v) is 11.4. The number of methoxy groups -OCH3 is 1. The quantitative estimate of drug-likeness (QED) is 0.657. The average Bonchev–Trinajstić information content (AvgIpc) is 2.33. The Labute approximate surface area is 106 Å². The number of hydrogen-bond acceptors (Lipinski definition) is 8. The minimum atomic E-state index is -2.93. The Morgan fingerprint density at radius 2 is 1.89 bits per heavy atom. The van der Waals surface area contributed by atoms with Gasteiger partial charge in [-0.25, -0.2) is 8.42 Å². The van der Waals surface area contributed by atoms with Gasteiger partial charge in [0.1, 0.15) is 9.84 Å². The van der Waals surface area contributed by atoms with Gasteiger partial charge in [0.25, 0.3) is 0 Å². The van der Waals surface area contributed by atoms with Crippen LogP contribution in [0.2, 0.25) is 0 Å². The second kappa shape index (κ2) is 6.34. The lowest BCUT2D eigenvalue weighted by molar-refractivity contribution is 0.379. The van der Waals surface area contributed by atoms with Crippen molar-refractivity contribution in [2.45, 2.75) is 6.42 Å². The van der Waals surface area contributed by atoms with Gasteiger partial charge >= 0.3 is 6.01 Å². The number of hydrogen-bond donors (Lipinski definition) is 2. The number of sulfone groups is 1. The largest absolute Gasteiger partial charge is 0.467 e. The highest BCUT2D eigenvalue weighted by molar-refractivity contribution is 7.90. The third kappa shape index (κ3) is 5.13. The first kappa shape index (κ1) is 14.4. The van der Waals surface area contributed by atoms with E-state index in [1.165, 1.54) is 13.4 Å². The Kier molecular flexibility index (Phi) is 5.08. The number of rotatable bonds is 7. The van der Waals surface area contributed by atoms with Crippen LogP contribution in [-0.2, 0) is 9.84 Å². The Morgan fingerprint density at radius 1 is 1.22 bits per heavy atom. The van der Waals surface area contributed by atoms with Gasteiger partial charge in [0, 0.05) is 19.8 Å². The van der Waals surface area contributed by atoms with Crippen molar-refractivity contribution in [2.75, 3.05) is 43.3 Å². The van der Waals surface area contributed by atoms with E-state index in [0.29, 0.717) is 24.9 Å². The van der Waals surface area contributed by atoms with E-state index in [1.807, 2.05) is 0 Å². The van der Waals surface area contributed by atoms with E-state index in [4.69, 9.17) is 4.74 Å². The van der Waals surface area contributed by atoms with Crippen LogP contribution in [-0.4, -0.2) is 56.1 Å². The van der Waals surface area contributed by atoms with Crippen LogP contribution < -0.4 is 15.4 Å². The number of aromatic nitrogens is 3. The molecule has 0 aromatic carbocycles. The molecule has 0 aliphatic heterocycles. The molecule has 8 nitrogen and oxygen atoms in total. The molecule has 9 heteroatoms. The summed E-state index contributed by atoms with van der Waals surface area (Å²) in [5, 5.41) is 5.70. The molecule has 0 aliphatic rings. The average molecular weight is 275 g/mol. The fraction of sp³-hybridized carbons (Fsp3) is 0.667. The minimum absolute atomic E-state index is 0.126. The molecule has 0 amide bonds. The second-order valence-electron chi connectivity index (χ2n) is 3.63. The number of anilines is 2. The fourth-order valence-corrected chi connectivity index (χ4v) is 1.84. The lowest BCUT2D eigenvalue weighted by atomic mass is 10.5. The Bertz CT molecular complexity index is 469. The molecule has 0 bridgehead atoms. The summed E-state index contributed by atoms with van der Waals surface area (Å²) in [6.07, 6.45) is 1.69.